The third-order valence-corrected chi connectivity index (χ3v) is 6.25. The summed E-state index contributed by atoms with van der Waals surface area (Å²) >= 11 is 1.14. The summed E-state index contributed by atoms with van der Waals surface area (Å²) in [5.41, 5.74) is 2.74. The lowest BCUT2D eigenvalue weighted by atomic mass is 10.0. The summed E-state index contributed by atoms with van der Waals surface area (Å²) in [5.74, 6) is 0. The van der Waals surface area contributed by atoms with E-state index < -0.39 is 5.56 Å². The van der Waals surface area contributed by atoms with Crippen LogP contribution < -0.4 is 5.56 Å². The van der Waals surface area contributed by atoms with E-state index in [-0.39, 0.29) is 16.9 Å². The molecule has 0 atom stereocenters. The van der Waals surface area contributed by atoms with Crippen molar-refractivity contribution in [3.8, 4) is 40.5 Å². The van der Waals surface area contributed by atoms with Gasteiger partial charge < -0.3 is 4.98 Å². The molecule has 0 amide bonds. The Hall–Kier alpha value is -4.64. The van der Waals surface area contributed by atoms with E-state index >= 15 is 0 Å². The van der Waals surface area contributed by atoms with Crippen LogP contribution in [0.25, 0.3) is 38.1 Å². The Balaban J connectivity index is 2.03. The van der Waals surface area contributed by atoms with Crippen LogP contribution in [-0.2, 0) is 0 Å². The van der Waals surface area contributed by atoms with E-state index in [1.165, 1.54) is 0 Å². The molecule has 5 aromatic rings. The molecule has 7 heteroatoms. The molecule has 0 bridgehead atoms. The van der Waals surface area contributed by atoms with Crippen LogP contribution in [0, 0.1) is 34.0 Å². The molecule has 1 N–H and O–H groups in total. The summed E-state index contributed by atoms with van der Waals surface area (Å²) in [6.07, 6.45) is 0. The van der Waals surface area contributed by atoms with Crippen LogP contribution in [0.1, 0.15) is 16.1 Å². The molecule has 0 aliphatic carbocycles. The SMILES string of the molecule is N#Cc1sc2c(c1-c1ccccc1)c(=O)[nH]c1c(C#N)c(-c3ccccc3)c(C#N)n12. The van der Waals surface area contributed by atoms with E-state index in [1.54, 1.807) is 4.40 Å². The number of fused-ring (bicyclic) bond motifs is 3. The number of thiophene rings is 1. The zero-order valence-corrected chi connectivity index (χ0v) is 16.7. The summed E-state index contributed by atoms with van der Waals surface area (Å²) in [5, 5.41) is 30.0. The monoisotopic (exact) mass is 417 g/mol. The van der Waals surface area contributed by atoms with Crippen molar-refractivity contribution in [2.45, 2.75) is 0 Å². The largest absolute Gasteiger partial charge is 0.306 e. The average molecular weight is 417 g/mol. The molecule has 0 saturated carbocycles. The Morgan fingerprint density at radius 2 is 1.42 bits per heavy atom. The minimum atomic E-state index is -0.405. The smallest absolute Gasteiger partial charge is 0.260 e. The van der Waals surface area contributed by atoms with Crippen LogP contribution >= 0.6 is 11.3 Å². The van der Waals surface area contributed by atoms with Gasteiger partial charge in [-0.05, 0) is 11.1 Å². The van der Waals surface area contributed by atoms with Gasteiger partial charge in [-0.25, -0.2) is 0 Å². The normalized spacial score (nSPS) is 10.6. The predicted molar refractivity (Wildman–Crippen MR) is 118 cm³/mol. The number of aromatic nitrogens is 2. The average Bonchev–Trinajstić information content (AvgIpc) is 3.36. The fourth-order valence-electron chi connectivity index (χ4n) is 3.91. The first-order chi connectivity index (χ1) is 15.2. The Morgan fingerprint density at radius 3 is 1.97 bits per heavy atom. The molecule has 144 valence electrons. The third-order valence-electron chi connectivity index (χ3n) is 5.17. The van der Waals surface area contributed by atoms with E-state index in [2.05, 4.69) is 23.2 Å². The van der Waals surface area contributed by atoms with Crippen LogP contribution in [0.15, 0.2) is 65.5 Å². The molecule has 0 saturated heterocycles. The quantitative estimate of drug-likeness (QED) is 0.445. The summed E-state index contributed by atoms with van der Waals surface area (Å²) in [7, 11) is 0. The molecule has 31 heavy (non-hydrogen) atoms. The fraction of sp³-hybridized carbons (Fsp3) is 0. The van der Waals surface area contributed by atoms with Crippen LogP contribution in [-0.4, -0.2) is 9.38 Å². The molecule has 0 aliphatic rings. The van der Waals surface area contributed by atoms with Crippen LogP contribution in [0.2, 0.25) is 0 Å². The Morgan fingerprint density at radius 1 is 0.806 bits per heavy atom. The molecule has 0 spiro atoms. The Labute approximate surface area is 180 Å². The molecule has 2 aromatic carbocycles. The number of H-pyrrole nitrogens is 1. The maximum Gasteiger partial charge on any atom is 0.260 e. The minimum Gasteiger partial charge on any atom is -0.306 e. The number of nitrogens with one attached hydrogen (secondary N) is 1. The van der Waals surface area contributed by atoms with Gasteiger partial charge in [0.2, 0.25) is 0 Å². The Bertz CT molecular complexity index is 1670. The second kappa shape index (κ2) is 7.00. The number of hydrogen-bond donors (Lipinski definition) is 1. The standard InChI is InChI=1S/C24H11N5OS/c25-11-16-19(14-7-3-1-4-8-14)17(12-26)29-22(16)28-23(30)21-20(15-9-5-2-6-10-15)18(13-27)31-24(21)29/h1-10H,(H,28,30). The van der Waals surface area contributed by atoms with Crippen molar-refractivity contribution in [1.29, 1.82) is 15.8 Å². The van der Waals surface area contributed by atoms with Crippen molar-refractivity contribution >= 4 is 27.2 Å². The second-order valence-electron chi connectivity index (χ2n) is 6.79. The minimum absolute atomic E-state index is 0.218. The lowest BCUT2D eigenvalue weighted by Crippen LogP contribution is -2.09. The lowest BCUT2D eigenvalue weighted by molar-refractivity contribution is 1.15. The van der Waals surface area contributed by atoms with Gasteiger partial charge in [0, 0.05) is 11.1 Å². The summed E-state index contributed by atoms with van der Waals surface area (Å²) < 4.78 is 1.59. The molecule has 3 aromatic heterocycles. The lowest BCUT2D eigenvalue weighted by Gasteiger charge is -2.02. The van der Waals surface area contributed by atoms with Crippen molar-refractivity contribution in [3.63, 3.8) is 0 Å². The van der Waals surface area contributed by atoms with Crippen molar-refractivity contribution in [2.24, 2.45) is 0 Å². The molecule has 6 nitrogen and oxygen atoms in total. The summed E-state index contributed by atoms with van der Waals surface area (Å²) in [6.45, 7) is 0. The summed E-state index contributed by atoms with van der Waals surface area (Å²) in [4.78, 5) is 16.8. The molecule has 0 fully saturated rings. The zero-order valence-electron chi connectivity index (χ0n) is 15.9. The molecule has 0 radical (unpaired) electrons. The molecular weight excluding hydrogens is 406 g/mol. The topological polar surface area (TPSA) is 109 Å². The van der Waals surface area contributed by atoms with Gasteiger partial charge >= 0.3 is 0 Å². The number of benzene rings is 2. The van der Waals surface area contributed by atoms with E-state index in [9.17, 15) is 20.6 Å². The van der Waals surface area contributed by atoms with E-state index in [0.29, 0.717) is 31.8 Å². The Kier molecular flexibility index (Phi) is 4.15. The van der Waals surface area contributed by atoms with Gasteiger partial charge in [0.1, 0.15) is 44.8 Å². The number of nitrogens with zero attached hydrogens (tertiary/aromatic N) is 4. The fourth-order valence-corrected chi connectivity index (χ4v) is 5.04. The van der Waals surface area contributed by atoms with Gasteiger partial charge in [-0.3, -0.25) is 9.20 Å². The first kappa shape index (κ1) is 18.4. The van der Waals surface area contributed by atoms with Gasteiger partial charge in [-0.1, -0.05) is 60.7 Å². The van der Waals surface area contributed by atoms with Crippen LogP contribution in [0.3, 0.4) is 0 Å². The predicted octanol–water partition coefficient (Wildman–Crippen LogP) is 4.79. The first-order valence-corrected chi connectivity index (χ1v) is 10.1. The van der Waals surface area contributed by atoms with Crippen molar-refractivity contribution in [2.75, 3.05) is 0 Å². The van der Waals surface area contributed by atoms with Crippen LogP contribution in [0.5, 0.6) is 0 Å². The highest BCUT2D eigenvalue weighted by molar-refractivity contribution is 7.19. The highest BCUT2D eigenvalue weighted by Gasteiger charge is 2.26. The number of rotatable bonds is 2. The molecule has 3 heterocycles. The first-order valence-electron chi connectivity index (χ1n) is 9.28. The number of hydrogen-bond acceptors (Lipinski definition) is 5. The molecule has 0 unspecified atom stereocenters. The maximum atomic E-state index is 13.2. The van der Waals surface area contributed by atoms with Crippen molar-refractivity contribution in [1.82, 2.24) is 9.38 Å². The van der Waals surface area contributed by atoms with Gasteiger partial charge in [0.25, 0.3) is 5.56 Å². The van der Waals surface area contributed by atoms with E-state index in [1.807, 2.05) is 60.7 Å². The number of nitriles is 3. The van der Waals surface area contributed by atoms with Gasteiger partial charge in [-0.15, -0.1) is 11.3 Å². The van der Waals surface area contributed by atoms with E-state index in [4.69, 9.17) is 0 Å². The van der Waals surface area contributed by atoms with E-state index in [0.717, 1.165) is 16.9 Å². The second-order valence-corrected chi connectivity index (χ2v) is 7.79. The van der Waals surface area contributed by atoms with Gasteiger partial charge in [0.05, 0.1) is 5.39 Å². The highest BCUT2D eigenvalue weighted by Crippen LogP contribution is 2.40. The van der Waals surface area contributed by atoms with Crippen molar-refractivity contribution < 1.29 is 0 Å². The zero-order chi connectivity index (χ0) is 21.5. The maximum absolute atomic E-state index is 13.2. The molecule has 5 rings (SSSR count). The molecular formula is C24H11N5OS. The van der Waals surface area contributed by atoms with Crippen molar-refractivity contribution in [3.05, 3.63) is 87.2 Å². The number of aromatic amines is 1. The molecule has 0 aliphatic heterocycles. The van der Waals surface area contributed by atoms with Gasteiger partial charge in [0.15, 0.2) is 0 Å². The third kappa shape index (κ3) is 2.57. The summed E-state index contributed by atoms with van der Waals surface area (Å²) in [6, 6.07) is 24.9. The highest BCUT2D eigenvalue weighted by atomic mass is 32.1. The van der Waals surface area contributed by atoms with Gasteiger partial charge in [-0.2, -0.15) is 15.8 Å². The van der Waals surface area contributed by atoms with Crippen LogP contribution in [0.4, 0.5) is 0 Å².